The van der Waals surface area contributed by atoms with Gasteiger partial charge >= 0.3 is 0 Å². The lowest BCUT2D eigenvalue weighted by Gasteiger charge is -2.25. The second-order valence-corrected chi connectivity index (χ2v) is 5.62. The third-order valence-corrected chi connectivity index (χ3v) is 3.93. The maximum atomic E-state index is 13.7. The van der Waals surface area contributed by atoms with Crippen LogP contribution in [-0.4, -0.2) is 27.5 Å². The zero-order valence-electron chi connectivity index (χ0n) is 11.7. The Morgan fingerprint density at radius 1 is 1.14 bits per heavy atom. The number of aliphatic hydroxyl groups excluding tert-OH is 2. The number of hydrogen-bond donors (Lipinski definition) is 2. The Balaban J connectivity index is 2.18. The first-order valence-corrected chi connectivity index (χ1v) is 7.28. The Hall–Kier alpha value is -1.88. The van der Waals surface area contributed by atoms with Crippen molar-refractivity contribution in [2.24, 2.45) is 0 Å². The van der Waals surface area contributed by atoms with Gasteiger partial charge in [-0.1, -0.05) is 29.8 Å². The van der Waals surface area contributed by atoms with Crippen LogP contribution in [0.4, 0.5) is 4.39 Å². The molecule has 0 aliphatic heterocycles. The van der Waals surface area contributed by atoms with Crippen LogP contribution in [-0.2, 0) is 0 Å². The molecule has 0 spiro atoms. The molecular formula is C17H15ClFNO2. The molecule has 0 bridgehead atoms. The number of aromatic nitrogens is 1. The Labute approximate surface area is 132 Å². The normalized spacial score (nSPS) is 14.2. The highest BCUT2D eigenvalue weighted by Gasteiger charge is 2.24. The lowest BCUT2D eigenvalue weighted by molar-refractivity contribution is 0.0653. The topological polar surface area (TPSA) is 45.4 Å². The molecule has 114 valence electrons. The second kappa shape index (κ2) is 6.08. The predicted molar refractivity (Wildman–Crippen MR) is 84.6 cm³/mol. The summed E-state index contributed by atoms with van der Waals surface area (Å²) >= 11 is 5.93. The largest absolute Gasteiger partial charge is 0.394 e. The molecule has 3 rings (SSSR count). The molecule has 5 heteroatoms. The zero-order chi connectivity index (χ0) is 15.7. The highest BCUT2D eigenvalue weighted by Crippen LogP contribution is 2.30. The van der Waals surface area contributed by atoms with Gasteiger partial charge in [0.2, 0.25) is 0 Å². The number of nitrogens with zero attached hydrogens (tertiary/aromatic N) is 1. The zero-order valence-corrected chi connectivity index (χ0v) is 12.4. The summed E-state index contributed by atoms with van der Waals surface area (Å²) in [4.78, 5) is 0. The number of fused-ring (bicyclic) bond motifs is 1. The summed E-state index contributed by atoms with van der Waals surface area (Å²) in [5.74, 6) is -0.478. The van der Waals surface area contributed by atoms with Crippen LogP contribution in [0.1, 0.15) is 11.6 Å². The molecule has 0 amide bonds. The van der Waals surface area contributed by atoms with Crippen molar-refractivity contribution in [3.63, 3.8) is 0 Å². The van der Waals surface area contributed by atoms with E-state index in [1.165, 1.54) is 12.1 Å². The van der Waals surface area contributed by atoms with Crippen molar-refractivity contribution in [3.8, 4) is 0 Å². The van der Waals surface area contributed by atoms with Crippen LogP contribution in [0.2, 0.25) is 5.02 Å². The predicted octanol–water partition coefficient (Wildman–Crippen LogP) is 3.38. The number of aliphatic hydroxyl groups is 2. The molecule has 2 N–H and O–H groups in total. The van der Waals surface area contributed by atoms with Gasteiger partial charge in [-0.05, 0) is 41.3 Å². The molecule has 2 atom stereocenters. The fraction of sp³-hybridized carbons (Fsp3) is 0.176. The maximum Gasteiger partial charge on any atom is 0.125 e. The number of para-hydroxylation sites is 1. The quantitative estimate of drug-likeness (QED) is 0.774. The molecule has 0 saturated carbocycles. The number of hydrogen-bond acceptors (Lipinski definition) is 2. The van der Waals surface area contributed by atoms with Crippen molar-refractivity contribution in [1.29, 1.82) is 0 Å². The minimum Gasteiger partial charge on any atom is -0.394 e. The van der Waals surface area contributed by atoms with E-state index < -0.39 is 24.6 Å². The van der Waals surface area contributed by atoms with E-state index in [2.05, 4.69) is 0 Å². The van der Waals surface area contributed by atoms with Gasteiger partial charge in [0.15, 0.2) is 0 Å². The molecule has 0 aliphatic carbocycles. The molecule has 0 unspecified atom stereocenters. The highest BCUT2D eigenvalue weighted by atomic mass is 35.5. The smallest absolute Gasteiger partial charge is 0.125 e. The van der Waals surface area contributed by atoms with Crippen molar-refractivity contribution < 1.29 is 14.6 Å². The summed E-state index contributed by atoms with van der Waals surface area (Å²) in [6.07, 6.45) is 0.737. The van der Waals surface area contributed by atoms with E-state index in [0.717, 1.165) is 10.9 Å². The summed E-state index contributed by atoms with van der Waals surface area (Å²) in [6.45, 7) is -0.439. The molecule has 0 fully saturated rings. The molecule has 3 aromatic rings. The van der Waals surface area contributed by atoms with Crippen LogP contribution in [0.5, 0.6) is 0 Å². The van der Waals surface area contributed by atoms with Gasteiger partial charge in [-0.25, -0.2) is 4.39 Å². The standard InChI is InChI=1S/C17H15ClFNO2/c18-13-7-12(8-14(19)9-13)17(16(22)10-21)20-6-5-11-3-1-2-4-15(11)20/h1-9,16-17,21-22H,10H2/t16-,17+/m1/s1. The Bertz CT molecular complexity index is 782. The van der Waals surface area contributed by atoms with Crippen molar-refractivity contribution in [2.45, 2.75) is 12.1 Å². The van der Waals surface area contributed by atoms with Crippen LogP contribution in [0, 0.1) is 5.82 Å². The summed E-state index contributed by atoms with van der Waals surface area (Å²) in [7, 11) is 0. The number of halogens is 2. The van der Waals surface area contributed by atoms with Gasteiger partial charge in [-0.15, -0.1) is 0 Å². The van der Waals surface area contributed by atoms with Crippen LogP contribution in [0.15, 0.2) is 54.7 Å². The molecular weight excluding hydrogens is 305 g/mol. The lowest BCUT2D eigenvalue weighted by atomic mass is 10.0. The third-order valence-electron chi connectivity index (χ3n) is 3.71. The van der Waals surface area contributed by atoms with Gasteiger partial charge in [-0.2, -0.15) is 0 Å². The third kappa shape index (κ3) is 2.73. The van der Waals surface area contributed by atoms with Gasteiger partial charge in [0, 0.05) is 16.7 Å². The molecule has 22 heavy (non-hydrogen) atoms. The van der Waals surface area contributed by atoms with Crippen LogP contribution < -0.4 is 0 Å². The maximum absolute atomic E-state index is 13.7. The van der Waals surface area contributed by atoms with Crippen LogP contribution in [0.3, 0.4) is 0 Å². The number of rotatable bonds is 4. The van der Waals surface area contributed by atoms with E-state index >= 15 is 0 Å². The minimum atomic E-state index is -1.08. The molecule has 3 nitrogen and oxygen atoms in total. The van der Waals surface area contributed by atoms with Crippen LogP contribution >= 0.6 is 11.6 Å². The summed E-state index contributed by atoms with van der Waals surface area (Å²) in [5, 5.41) is 20.9. The number of benzene rings is 2. The first-order valence-electron chi connectivity index (χ1n) is 6.90. The Morgan fingerprint density at radius 2 is 1.91 bits per heavy atom. The van der Waals surface area contributed by atoms with Crippen molar-refractivity contribution in [1.82, 2.24) is 4.57 Å². The monoisotopic (exact) mass is 319 g/mol. The van der Waals surface area contributed by atoms with Crippen molar-refractivity contribution in [2.75, 3.05) is 6.61 Å². The average molecular weight is 320 g/mol. The van der Waals surface area contributed by atoms with E-state index in [-0.39, 0.29) is 5.02 Å². The van der Waals surface area contributed by atoms with Gasteiger partial charge < -0.3 is 14.8 Å². The summed E-state index contributed by atoms with van der Waals surface area (Å²) < 4.78 is 15.5. The average Bonchev–Trinajstić information content (AvgIpc) is 2.90. The van der Waals surface area contributed by atoms with Crippen molar-refractivity contribution in [3.05, 3.63) is 71.1 Å². The molecule has 0 aliphatic rings. The summed E-state index contributed by atoms with van der Waals surface area (Å²) in [5.41, 5.74) is 1.40. The first-order chi connectivity index (χ1) is 10.6. The van der Waals surface area contributed by atoms with Crippen molar-refractivity contribution >= 4 is 22.5 Å². The summed E-state index contributed by atoms with van der Waals surface area (Å²) in [6, 6.07) is 13.1. The van der Waals surface area contributed by atoms with E-state index in [4.69, 9.17) is 11.6 Å². The Morgan fingerprint density at radius 3 is 2.64 bits per heavy atom. The SMILES string of the molecule is OC[C@@H](O)[C@H](c1cc(F)cc(Cl)c1)n1ccc2ccccc21. The van der Waals surface area contributed by atoms with Gasteiger partial charge in [0.05, 0.1) is 12.6 Å². The fourth-order valence-corrected chi connectivity index (χ4v) is 2.99. The van der Waals surface area contributed by atoms with Gasteiger partial charge in [-0.3, -0.25) is 0 Å². The molecule has 1 heterocycles. The lowest BCUT2D eigenvalue weighted by Crippen LogP contribution is -2.28. The molecule has 2 aromatic carbocycles. The van der Waals surface area contributed by atoms with E-state index in [1.807, 2.05) is 41.1 Å². The van der Waals surface area contributed by atoms with Crippen LogP contribution in [0.25, 0.3) is 10.9 Å². The fourth-order valence-electron chi connectivity index (χ4n) is 2.76. The van der Waals surface area contributed by atoms with E-state index in [9.17, 15) is 14.6 Å². The molecule has 0 radical (unpaired) electrons. The van der Waals surface area contributed by atoms with E-state index in [0.29, 0.717) is 5.56 Å². The minimum absolute atomic E-state index is 0.251. The first kappa shape index (κ1) is 15.0. The second-order valence-electron chi connectivity index (χ2n) is 5.18. The van der Waals surface area contributed by atoms with Gasteiger partial charge in [0.25, 0.3) is 0 Å². The molecule has 0 saturated heterocycles. The Kier molecular flexibility index (Phi) is 4.16. The van der Waals surface area contributed by atoms with Gasteiger partial charge in [0.1, 0.15) is 11.9 Å². The van der Waals surface area contributed by atoms with E-state index in [1.54, 1.807) is 6.07 Å². The molecule has 1 aromatic heterocycles. The highest BCUT2D eigenvalue weighted by molar-refractivity contribution is 6.30.